The van der Waals surface area contributed by atoms with Gasteiger partial charge in [-0.15, -0.1) is 0 Å². The van der Waals surface area contributed by atoms with Gasteiger partial charge < -0.3 is 0 Å². The Labute approximate surface area is 114 Å². The van der Waals surface area contributed by atoms with Gasteiger partial charge in [-0.2, -0.15) is 13.2 Å². The largest absolute Gasteiger partial charge is 0.417 e. The second-order valence-electron chi connectivity index (χ2n) is 4.79. The quantitative estimate of drug-likeness (QED) is 0.704. The molecule has 0 amide bonds. The Morgan fingerprint density at radius 2 is 1.70 bits per heavy atom. The lowest BCUT2D eigenvalue weighted by Gasteiger charge is -2.15. The summed E-state index contributed by atoms with van der Waals surface area (Å²) < 4.78 is 53.2. The molecule has 106 valence electrons. The van der Waals surface area contributed by atoms with E-state index in [-0.39, 0.29) is 17.0 Å². The fourth-order valence-electron chi connectivity index (χ4n) is 1.92. The monoisotopic (exact) mass is 283 g/mol. The molecule has 0 saturated carbocycles. The van der Waals surface area contributed by atoms with Crippen LogP contribution in [-0.2, 0) is 6.18 Å². The Kier molecular flexibility index (Phi) is 3.79. The Morgan fingerprint density at radius 1 is 1.05 bits per heavy atom. The highest BCUT2D eigenvalue weighted by Crippen LogP contribution is 2.38. The van der Waals surface area contributed by atoms with Gasteiger partial charge in [0, 0.05) is 23.0 Å². The van der Waals surface area contributed by atoms with Gasteiger partial charge in [0.1, 0.15) is 5.82 Å². The topological polar surface area (TPSA) is 12.9 Å². The van der Waals surface area contributed by atoms with Gasteiger partial charge in [-0.25, -0.2) is 4.39 Å². The van der Waals surface area contributed by atoms with E-state index in [1.54, 1.807) is 13.8 Å². The van der Waals surface area contributed by atoms with Gasteiger partial charge in [0.2, 0.25) is 0 Å². The molecular weight excluding hydrogens is 270 g/mol. The Bertz CT molecular complexity index is 618. The zero-order valence-corrected chi connectivity index (χ0v) is 11.0. The molecule has 0 spiro atoms. The molecule has 1 aromatic heterocycles. The van der Waals surface area contributed by atoms with Crippen LogP contribution >= 0.6 is 0 Å². The first kappa shape index (κ1) is 14.5. The number of pyridine rings is 1. The van der Waals surface area contributed by atoms with E-state index >= 15 is 0 Å². The van der Waals surface area contributed by atoms with Crippen molar-refractivity contribution in [2.24, 2.45) is 0 Å². The van der Waals surface area contributed by atoms with Crippen LogP contribution in [0, 0.1) is 5.82 Å². The number of hydrogen-bond acceptors (Lipinski definition) is 1. The molecule has 0 N–H and O–H groups in total. The molecule has 0 atom stereocenters. The zero-order chi connectivity index (χ0) is 14.9. The zero-order valence-electron chi connectivity index (χ0n) is 11.0. The van der Waals surface area contributed by atoms with E-state index in [4.69, 9.17) is 0 Å². The maximum atomic E-state index is 13.7. The van der Waals surface area contributed by atoms with Gasteiger partial charge >= 0.3 is 6.18 Å². The maximum absolute atomic E-state index is 13.7. The van der Waals surface area contributed by atoms with E-state index in [9.17, 15) is 17.6 Å². The molecule has 1 nitrogen and oxygen atoms in total. The smallest absolute Gasteiger partial charge is 0.260 e. The van der Waals surface area contributed by atoms with Crippen molar-refractivity contribution in [1.82, 2.24) is 4.98 Å². The van der Waals surface area contributed by atoms with Crippen LogP contribution in [0.2, 0.25) is 0 Å². The van der Waals surface area contributed by atoms with Crippen molar-refractivity contribution in [1.29, 1.82) is 0 Å². The molecule has 2 aromatic rings. The molecule has 0 radical (unpaired) electrons. The summed E-state index contributed by atoms with van der Waals surface area (Å²) in [7, 11) is 0. The van der Waals surface area contributed by atoms with E-state index in [1.165, 1.54) is 18.2 Å². The summed E-state index contributed by atoms with van der Waals surface area (Å²) in [6.07, 6.45) is -3.46. The predicted octanol–water partition coefficient (Wildman–Crippen LogP) is 5.03. The fraction of sp³-hybridized carbons (Fsp3) is 0.267. The summed E-state index contributed by atoms with van der Waals surface area (Å²) in [6.45, 7) is 3.51. The second-order valence-corrected chi connectivity index (χ2v) is 4.79. The maximum Gasteiger partial charge on any atom is 0.417 e. The number of alkyl halides is 3. The number of nitrogens with zero attached hydrogens (tertiary/aromatic N) is 1. The lowest BCUT2D eigenvalue weighted by atomic mass is 9.98. The average Bonchev–Trinajstić information content (AvgIpc) is 2.37. The number of halogens is 4. The summed E-state index contributed by atoms with van der Waals surface area (Å²) in [5, 5.41) is 0. The Balaban J connectivity index is 2.68. The summed E-state index contributed by atoms with van der Waals surface area (Å²) in [6, 6.07) is 6.37. The van der Waals surface area contributed by atoms with Gasteiger partial charge in [-0.3, -0.25) is 4.98 Å². The van der Waals surface area contributed by atoms with Crippen molar-refractivity contribution in [2.45, 2.75) is 25.9 Å². The van der Waals surface area contributed by atoms with Crippen molar-refractivity contribution < 1.29 is 17.6 Å². The highest BCUT2D eigenvalue weighted by Gasteiger charge is 2.35. The van der Waals surface area contributed by atoms with E-state index in [1.807, 2.05) is 0 Å². The minimum absolute atomic E-state index is 0.0948. The third-order valence-corrected chi connectivity index (χ3v) is 2.99. The first-order valence-electron chi connectivity index (χ1n) is 6.12. The van der Waals surface area contributed by atoms with Crippen LogP contribution < -0.4 is 0 Å². The first-order valence-corrected chi connectivity index (χ1v) is 6.12. The molecule has 0 aliphatic heterocycles. The van der Waals surface area contributed by atoms with Crippen LogP contribution in [0.5, 0.6) is 0 Å². The summed E-state index contributed by atoms with van der Waals surface area (Å²) in [4.78, 5) is 4.00. The van der Waals surface area contributed by atoms with Crippen LogP contribution in [0.1, 0.15) is 31.0 Å². The van der Waals surface area contributed by atoms with Crippen molar-refractivity contribution in [3.05, 3.63) is 53.6 Å². The molecule has 5 heteroatoms. The van der Waals surface area contributed by atoms with Crippen LogP contribution in [-0.4, -0.2) is 4.98 Å². The minimum Gasteiger partial charge on any atom is -0.260 e. The van der Waals surface area contributed by atoms with Crippen LogP contribution in [0.25, 0.3) is 11.1 Å². The van der Waals surface area contributed by atoms with E-state index in [0.29, 0.717) is 5.69 Å². The van der Waals surface area contributed by atoms with Gasteiger partial charge in [0.25, 0.3) is 0 Å². The van der Waals surface area contributed by atoms with Crippen molar-refractivity contribution in [3.63, 3.8) is 0 Å². The third kappa shape index (κ3) is 2.81. The highest BCUT2D eigenvalue weighted by atomic mass is 19.4. The molecular formula is C15H13F4N. The normalized spacial score (nSPS) is 11.9. The van der Waals surface area contributed by atoms with Gasteiger partial charge in [0.15, 0.2) is 0 Å². The number of aromatic nitrogens is 1. The van der Waals surface area contributed by atoms with E-state index in [2.05, 4.69) is 4.98 Å². The highest BCUT2D eigenvalue weighted by molar-refractivity contribution is 5.68. The lowest BCUT2D eigenvalue weighted by Crippen LogP contribution is -2.10. The van der Waals surface area contributed by atoms with Gasteiger partial charge in [0.05, 0.1) is 5.56 Å². The summed E-state index contributed by atoms with van der Waals surface area (Å²) in [5.74, 6) is -0.831. The van der Waals surface area contributed by atoms with Crippen LogP contribution in [0.3, 0.4) is 0 Å². The van der Waals surface area contributed by atoms with Gasteiger partial charge in [-0.05, 0) is 18.1 Å². The third-order valence-electron chi connectivity index (χ3n) is 2.99. The second kappa shape index (κ2) is 5.23. The summed E-state index contributed by atoms with van der Waals surface area (Å²) >= 11 is 0. The fourth-order valence-corrected chi connectivity index (χ4v) is 1.92. The molecule has 0 fully saturated rings. The lowest BCUT2D eigenvalue weighted by molar-refractivity contribution is -0.137. The molecule has 2 rings (SSSR count). The van der Waals surface area contributed by atoms with Crippen LogP contribution in [0.4, 0.5) is 17.6 Å². The molecule has 0 saturated heterocycles. The van der Waals surface area contributed by atoms with E-state index < -0.39 is 17.6 Å². The molecule has 1 heterocycles. The number of rotatable bonds is 2. The van der Waals surface area contributed by atoms with Crippen LogP contribution in [0.15, 0.2) is 36.5 Å². The average molecular weight is 283 g/mol. The number of benzene rings is 1. The van der Waals surface area contributed by atoms with Gasteiger partial charge in [-0.1, -0.05) is 32.0 Å². The molecule has 0 aliphatic rings. The molecule has 0 unspecified atom stereocenters. The Morgan fingerprint density at radius 3 is 2.25 bits per heavy atom. The van der Waals surface area contributed by atoms with Crippen molar-refractivity contribution in [3.8, 4) is 11.1 Å². The summed E-state index contributed by atoms with van der Waals surface area (Å²) in [5.41, 5.74) is -0.860. The molecule has 20 heavy (non-hydrogen) atoms. The minimum atomic E-state index is -4.55. The first-order chi connectivity index (χ1) is 9.30. The molecule has 0 bridgehead atoms. The van der Waals surface area contributed by atoms with E-state index in [0.717, 1.165) is 18.3 Å². The Hall–Kier alpha value is -1.91. The standard InChI is InChI=1S/C15H13F4N/c1-9(2)14-7-12(15(17,18)19)11(8-20-14)10-5-3-4-6-13(10)16/h3-9H,1-2H3. The predicted molar refractivity (Wildman–Crippen MR) is 68.7 cm³/mol. The molecule has 1 aromatic carbocycles. The molecule has 0 aliphatic carbocycles. The van der Waals surface area contributed by atoms with Crippen molar-refractivity contribution >= 4 is 0 Å². The SMILES string of the molecule is CC(C)c1cc(C(F)(F)F)c(-c2ccccc2F)cn1. The van der Waals surface area contributed by atoms with Crippen molar-refractivity contribution in [2.75, 3.05) is 0 Å². The number of hydrogen-bond donors (Lipinski definition) is 0.